The molecule has 0 aliphatic rings. The van der Waals surface area contributed by atoms with E-state index in [1.165, 1.54) is 0 Å². The number of likely N-dealkylation sites (N-methyl/N-ethyl adjacent to an activating group) is 1. The van der Waals surface area contributed by atoms with E-state index in [0.717, 1.165) is 5.69 Å². The van der Waals surface area contributed by atoms with E-state index in [1.807, 2.05) is 18.0 Å². The molecule has 0 saturated carbocycles. The third-order valence-corrected chi connectivity index (χ3v) is 2.37. The van der Waals surface area contributed by atoms with Gasteiger partial charge in [-0.05, 0) is 19.1 Å². The molecule has 0 spiro atoms. The second kappa shape index (κ2) is 7.55. The van der Waals surface area contributed by atoms with Gasteiger partial charge in [0.15, 0.2) is 0 Å². The van der Waals surface area contributed by atoms with Crippen molar-refractivity contribution >= 4 is 11.7 Å². The average molecular weight is 253 g/mol. The summed E-state index contributed by atoms with van der Waals surface area (Å²) in [4.78, 5) is 12.9. The lowest BCUT2D eigenvalue weighted by Crippen LogP contribution is -2.24. The minimum atomic E-state index is -0.350. The molecule has 18 heavy (non-hydrogen) atoms. The largest absolute Gasteiger partial charge is 0.508 e. The molecule has 0 fully saturated rings. The maximum absolute atomic E-state index is 11.0. The molecule has 5 heteroatoms. The number of hydrogen-bond acceptors (Lipinski definition) is 5. The number of hydrogen-bond donors (Lipinski definition) is 1. The first-order chi connectivity index (χ1) is 8.63. The van der Waals surface area contributed by atoms with Crippen molar-refractivity contribution in [2.45, 2.75) is 6.92 Å². The molecule has 0 aliphatic carbocycles. The topological polar surface area (TPSA) is 59.0 Å². The van der Waals surface area contributed by atoms with Gasteiger partial charge in [-0.1, -0.05) is 6.07 Å². The Kier molecular flexibility index (Phi) is 6.00. The fourth-order valence-electron chi connectivity index (χ4n) is 1.42. The van der Waals surface area contributed by atoms with Gasteiger partial charge in [-0.2, -0.15) is 0 Å². The molecule has 0 aliphatic heterocycles. The lowest BCUT2D eigenvalue weighted by Gasteiger charge is -2.19. The van der Waals surface area contributed by atoms with Crippen molar-refractivity contribution in [3.63, 3.8) is 0 Å². The second-order valence-corrected chi connectivity index (χ2v) is 3.80. The standard InChI is InChI=1S/C13H19NO4/c1-3-18-13(16)10-17-8-7-14(2)11-5-4-6-12(15)9-11/h4-6,9,15H,3,7-8,10H2,1-2H3. The van der Waals surface area contributed by atoms with Crippen LogP contribution in [0.4, 0.5) is 5.69 Å². The summed E-state index contributed by atoms with van der Waals surface area (Å²) in [6.45, 7) is 3.15. The van der Waals surface area contributed by atoms with Gasteiger partial charge in [0.25, 0.3) is 0 Å². The average Bonchev–Trinajstić information content (AvgIpc) is 2.35. The highest BCUT2D eigenvalue weighted by atomic mass is 16.6. The van der Waals surface area contributed by atoms with Crippen molar-refractivity contribution in [1.82, 2.24) is 0 Å². The third kappa shape index (κ3) is 5.05. The summed E-state index contributed by atoms with van der Waals surface area (Å²) in [5, 5.41) is 9.35. The van der Waals surface area contributed by atoms with Gasteiger partial charge < -0.3 is 19.5 Å². The quantitative estimate of drug-likeness (QED) is 0.588. The summed E-state index contributed by atoms with van der Waals surface area (Å²) in [7, 11) is 1.89. The third-order valence-electron chi connectivity index (χ3n) is 2.37. The molecule has 0 aromatic heterocycles. The van der Waals surface area contributed by atoms with E-state index in [9.17, 15) is 9.90 Å². The Bertz CT molecular complexity index is 381. The van der Waals surface area contributed by atoms with Gasteiger partial charge in [0.05, 0.1) is 13.2 Å². The molecule has 0 heterocycles. The molecule has 5 nitrogen and oxygen atoms in total. The minimum absolute atomic E-state index is 0.0261. The first kappa shape index (κ1) is 14.3. The number of aromatic hydroxyl groups is 1. The van der Waals surface area contributed by atoms with Crippen molar-refractivity contribution in [1.29, 1.82) is 0 Å². The predicted molar refractivity (Wildman–Crippen MR) is 68.8 cm³/mol. The fraction of sp³-hybridized carbons (Fsp3) is 0.462. The summed E-state index contributed by atoms with van der Waals surface area (Å²) < 4.78 is 9.93. The van der Waals surface area contributed by atoms with Crippen LogP contribution in [0.25, 0.3) is 0 Å². The Hall–Kier alpha value is -1.75. The molecular weight excluding hydrogens is 234 g/mol. The zero-order valence-electron chi connectivity index (χ0n) is 10.8. The Morgan fingerprint density at radius 2 is 2.22 bits per heavy atom. The van der Waals surface area contributed by atoms with Crippen LogP contribution in [0.5, 0.6) is 5.75 Å². The molecule has 0 radical (unpaired) electrons. The molecular formula is C13H19NO4. The lowest BCUT2D eigenvalue weighted by atomic mass is 10.3. The van der Waals surface area contributed by atoms with E-state index in [2.05, 4.69) is 0 Å². The number of nitrogens with zero attached hydrogens (tertiary/aromatic N) is 1. The first-order valence-corrected chi connectivity index (χ1v) is 5.87. The van der Waals surface area contributed by atoms with Gasteiger partial charge >= 0.3 is 5.97 Å². The highest BCUT2D eigenvalue weighted by Gasteiger charge is 2.04. The van der Waals surface area contributed by atoms with Crippen molar-refractivity contribution in [2.75, 3.05) is 38.3 Å². The maximum Gasteiger partial charge on any atom is 0.332 e. The van der Waals surface area contributed by atoms with E-state index < -0.39 is 0 Å². The Labute approximate surface area is 107 Å². The predicted octanol–water partition coefficient (Wildman–Crippen LogP) is 1.41. The van der Waals surface area contributed by atoms with Crippen LogP contribution in [0.2, 0.25) is 0 Å². The summed E-state index contributed by atoms with van der Waals surface area (Å²) in [5.41, 5.74) is 0.898. The first-order valence-electron chi connectivity index (χ1n) is 5.87. The van der Waals surface area contributed by atoms with Gasteiger partial charge in [0.2, 0.25) is 0 Å². The van der Waals surface area contributed by atoms with Gasteiger partial charge in [-0.25, -0.2) is 4.79 Å². The summed E-state index contributed by atoms with van der Waals surface area (Å²) in [6, 6.07) is 6.96. The number of carbonyl (C=O) groups excluding carboxylic acids is 1. The number of anilines is 1. The van der Waals surface area contributed by atoms with Crippen molar-refractivity contribution in [3.05, 3.63) is 24.3 Å². The van der Waals surface area contributed by atoms with E-state index >= 15 is 0 Å². The van der Waals surface area contributed by atoms with Gasteiger partial charge in [0.1, 0.15) is 12.4 Å². The van der Waals surface area contributed by atoms with Crippen molar-refractivity contribution in [2.24, 2.45) is 0 Å². The maximum atomic E-state index is 11.0. The zero-order valence-corrected chi connectivity index (χ0v) is 10.8. The van der Waals surface area contributed by atoms with Crippen LogP contribution in [-0.2, 0) is 14.3 Å². The SMILES string of the molecule is CCOC(=O)COCCN(C)c1cccc(O)c1. The normalized spacial score (nSPS) is 10.1. The van der Waals surface area contributed by atoms with Crippen LogP contribution in [-0.4, -0.2) is 44.5 Å². The van der Waals surface area contributed by atoms with Gasteiger partial charge in [0, 0.05) is 25.3 Å². The molecule has 0 bridgehead atoms. The number of ether oxygens (including phenoxy) is 2. The highest BCUT2D eigenvalue weighted by Crippen LogP contribution is 2.18. The Morgan fingerprint density at radius 3 is 2.89 bits per heavy atom. The van der Waals surface area contributed by atoms with Crippen LogP contribution >= 0.6 is 0 Å². The molecule has 1 N–H and O–H groups in total. The van der Waals surface area contributed by atoms with E-state index in [-0.39, 0.29) is 18.3 Å². The monoisotopic (exact) mass is 253 g/mol. The van der Waals surface area contributed by atoms with Gasteiger partial charge in [-0.3, -0.25) is 0 Å². The number of phenolic OH excluding ortho intramolecular Hbond substituents is 1. The second-order valence-electron chi connectivity index (χ2n) is 3.80. The molecule has 0 amide bonds. The van der Waals surface area contributed by atoms with Crippen LogP contribution in [0.3, 0.4) is 0 Å². The van der Waals surface area contributed by atoms with E-state index in [0.29, 0.717) is 19.8 Å². The van der Waals surface area contributed by atoms with Crippen molar-refractivity contribution < 1.29 is 19.4 Å². The molecule has 1 aromatic carbocycles. The molecule has 1 aromatic rings. The Morgan fingerprint density at radius 1 is 1.44 bits per heavy atom. The number of rotatable bonds is 7. The van der Waals surface area contributed by atoms with E-state index in [4.69, 9.17) is 9.47 Å². The van der Waals surface area contributed by atoms with Crippen LogP contribution in [0.15, 0.2) is 24.3 Å². The molecule has 0 saturated heterocycles. The summed E-state index contributed by atoms with van der Waals surface area (Å²) in [5.74, 6) is -0.121. The fourth-order valence-corrected chi connectivity index (χ4v) is 1.42. The number of phenols is 1. The van der Waals surface area contributed by atoms with Gasteiger partial charge in [-0.15, -0.1) is 0 Å². The molecule has 0 atom stereocenters. The lowest BCUT2D eigenvalue weighted by molar-refractivity contribution is -0.148. The highest BCUT2D eigenvalue weighted by molar-refractivity contribution is 5.70. The molecule has 0 unspecified atom stereocenters. The van der Waals surface area contributed by atoms with Crippen LogP contribution in [0.1, 0.15) is 6.92 Å². The zero-order chi connectivity index (χ0) is 13.4. The summed E-state index contributed by atoms with van der Waals surface area (Å²) >= 11 is 0. The number of benzene rings is 1. The van der Waals surface area contributed by atoms with Crippen molar-refractivity contribution in [3.8, 4) is 5.75 Å². The molecule has 100 valence electrons. The number of carbonyl (C=O) groups is 1. The van der Waals surface area contributed by atoms with Crippen LogP contribution in [0, 0.1) is 0 Å². The van der Waals surface area contributed by atoms with E-state index in [1.54, 1.807) is 25.1 Å². The molecule has 1 rings (SSSR count). The number of esters is 1. The van der Waals surface area contributed by atoms with Crippen LogP contribution < -0.4 is 4.90 Å². The summed E-state index contributed by atoms with van der Waals surface area (Å²) in [6.07, 6.45) is 0. The Balaban J connectivity index is 2.25. The smallest absolute Gasteiger partial charge is 0.332 e. The minimum Gasteiger partial charge on any atom is -0.508 e.